The molecule has 1 unspecified atom stereocenters. The molecule has 3 heterocycles. The van der Waals surface area contributed by atoms with Gasteiger partial charge in [-0.25, -0.2) is 9.97 Å². The highest BCUT2D eigenvalue weighted by atomic mass is 16.2. The second kappa shape index (κ2) is 8.59. The number of likely N-dealkylation sites (tertiary alicyclic amines) is 1. The van der Waals surface area contributed by atoms with E-state index in [4.69, 9.17) is 0 Å². The quantitative estimate of drug-likeness (QED) is 0.843. The topological polar surface area (TPSA) is 61.4 Å². The van der Waals surface area contributed by atoms with E-state index in [1.165, 1.54) is 24.9 Å². The summed E-state index contributed by atoms with van der Waals surface area (Å²) < 4.78 is 0. The molecule has 2 fully saturated rings. The number of rotatable bonds is 5. The molecule has 28 heavy (non-hydrogen) atoms. The number of anilines is 3. The zero-order valence-corrected chi connectivity index (χ0v) is 16.6. The number of benzene rings is 1. The van der Waals surface area contributed by atoms with Crippen LogP contribution < -0.4 is 10.2 Å². The highest BCUT2D eigenvalue weighted by Gasteiger charge is 2.27. The van der Waals surface area contributed by atoms with E-state index in [0.29, 0.717) is 17.6 Å². The molecule has 1 atom stereocenters. The molecule has 148 valence electrons. The van der Waals surface area contributed by atoms with Crippen molar-refractivity contribution in [2.45, 2.75) is 51.5 Å². The van der Waals surface area contributed by atoms with Gasteiger partial charge in [0.25, 0.3) is 5.91 Å². The number of carbonyl (C=O) groups excluding carboxylic acids is 1. The Morgan fingerprint density at radius 1 is 1.04 bits per heavy atom. The van der Waals surface area contributed by atoms with Gasteiger partial charge in [-0.1, -0.05) is 6.92 Å². The Balaban J connectivity index is 1.39. The average molecular weight is 380 g/mol. The van der Waals surface area contributed by atoms with Gasteiger partial charge in [-0.05, 0) is 62.8 Å². The average Bonchev–Trinajstić information content (AvgIpc) is 3.29. The van der Waals surface area contributed by atoms with Crippen LogP contribution in [0.1, 0.15) is 55.9 Å². The number of amides is 1. The molecule has 0 bridgehead atoms. The van der Waals surface area contributed by atoms with Crippen molar-refractivity contribution in [2.75, 3.05) is 29.9 Å². The van der Waals surface area contributed by atoms with Crippen LogP contribution in [0.15, 0.2) is 36.7 Å². The molecule has 1 N–H and O–H groups in total. The van der Waals surface area contributed by atoms with Crippen molar-refractivity contribution in [3.05, 3.63) is 42.4 Å². The maximum absolute atomic E-state index is 12.8. The molecule has 0 spiro atoms. The molecule has 6 heteroatoms. The van der Waals surface area contributed by atoms with Crippen molar-refractivity contribution in [3.8, 4) is 0 Å². The van der Waals surface area contributed by atoms with Crippen LogP contribution in [0.5, 0.6) is 0 Å². The van der Waals surface area contributed by atoms with E-state index in [0.717, 1.165) is 44.6 Å². The predicted molar refractivity (Wildman–Crippen MR) is 112 cm³/mol. The lowest BCUT2D eigenvalue weighted by atomic mass is 10.00. The molecule has 2 aromatic rings. The summed E-state index contributed by atoms with van der Waals surface area (Å²) in [6.07, 6.45) is 10.1. The number of piperidine rings is 1. The normalized spacial score (nSPS) is 19.7. The summed E-state index contributed by atoms with van der Waals surface area (Å²) in [6, 6.07) is 8.73. The van der Waals surface area contributed by atoms with E-state index in [1.54, 1.807) is 12.4 Å². The monoisotopic (exact) mass is 379 g/mol. The van der Waals surface area contributed by atoms with Gasteiger partial charge in [-0.15, -0.1) is 0 Å². The van der Waals surface area contributed by atoms with Crippen molar-refractivity contribution in [1.29, 1.82) is 0 Å². The lowest BCUT2D eigenvalue weighted by Crippen LogP contribution is -2.43. The van der Waals surface area contributed by atoms with Crippen LogP contribution in [0.3, 0.4) is 0 Å². The van der Waals surface area contributed by atoms with Crippen LogP contribution in [0, 0.1) is 0 Å². The standard InChI is InChI=1S/C22H29N5O/c1-2-18-7-3-4-14-27(18)22(28)20-15-24-21(16-23-20)25-17-8-10-19(11-9-17)26-12-5-6-13-26/h8-11,15-16,18H,2-7,12-14H2,1H3,(H,24,25). The van der Waals surface area contributed by atoms with E-state index >= 15 is 0 Å². The molecule has 2 aliphatic heterocycles. The molecule has 1 aromatic heterocycles. The Morgan fingerprint density at radius 3 is 2.46 bits per heavy atom. The SMILES string of the molecule is CCC1CCCCN1C(=O)c1cnc(Nc2ccc(N3CCCC3)cc2)cn1. The first-order valence-corrected chi connectivity index (χ1v) is 10.5. The minimum atomic E-state index is 0.000524. The minimum Gasteiger partial charge on any atom is -0.372 e. The van der Waals surface area contributed by atoms with Gasteiger partial charge in [0.1, 0.15) is 11.5 Å². The van der Waals surface area contributed by atoms with Crippen LogP contribution in [0.25, 0.3) is 0 Å². The second-order valence-electron chi connectivity index (χ2n) is 7.71. The highest BCUT2D eigenvalue weighted by Crippen LogP contribution is 2.24. The third-order valence-corrected chi connectivity index (χ3v) is 5.84. The van der Waals surface area contributed by atoms with E-state index in [2.05, 4.69) is 51.4 Å². The first-order chi connectivity index (χ1) is 13.7. The zero-order valence-electron chi connectivity index (χ0n) is 16.6. The van der Waals surface area contributed by atoms with Crippen molar-refractivity contribution in [1.82, 2.24) is 14.9 Å². The second-order valence-corrected chi connectivity index (χ2v) is 7.71. The molecule has 1 aromatic carbocycles. The lowest BCUT2D eigenvalue weighted by molar-refractivity contribution is 0.0601. The maximum atomic E-state index is 12.8. The molecule has 0 saturated carbocycles. The van der Waals surface area contributed by atoms with Crippen LogP contribution >= 0.6 is 0 Å². The van der Waals surface area contributed by atoms with Gasteiger partial charge in [0.2, 0.25) is 0 Å². The lowest BCUT2D eigenvalue weighted by Gasteiger charge is -2.34. The van der Waals surface area contributed by atoms with Gasteiger partial charge >= 0.3 is 0 Å². The van der Waals surface area contributed by atoms with Gasteiger partial charge < -0.3 is 15.1 Å². The number of aromatic nitrogens is 2. The fourth-order valence-electron chi connectivity index (χ4n) is 4.22. The predicted octanol–water partition coefficient (Wildman–Crippen LogP) is 4.23. The summed E-state index contributed by atoms with van der Waals surface area (Å²) in [4.78, 5) is 26.0. The highest BCUT2D eigenvalue weighted by molar-refractivity contribution is 5.92. The van der Waals surface area contributed by atoms with Gasteiger partial charge in [0.15, 0.2) is 0 Å². The number of nitrogens with zero attached hydrogens (tertiary/aromatic N) is 4. The fourth-order valence-corrected chi connectivity index (χ4v) is 4.22. The smallest absolute Gasteiger partial charge is 0.274 e. The maximum Gasteiger partial charge on any atom is 0.274 e. The Morgan fingerprint density at radius 2 is 1.79 bits per heavy atom. The number of hydrogen-bond donors (Lipinski definition) is 1. The minimum absolute atomic E-state index is 0.000524. The van der Waals surface area contributed by atoms with Crippen LogP contribution in [0.4, 0.5) is 17.2 Å². The Labute approximate surface area is 167 Å². The largest absolute Gasteiger partial charge is 0.372 e. The molecular formula is C22H29N5O. The molecule has 6 nitrogen and oxygen atoms in total. The molecule has 0 radical (unpaired) electrons. The molecule has 4 rings (SSSR count). The summed E-state index contributed by atoms with van der Waals surface area (Å²) in [5.74, 6) is 0.650. The number of hydrogen-bond acceptors (Lipinski definition) is 5. The van der Waals surface area contributed by atoms with Crippen molar-refractivity contribution < 1.29 is 4.79 Å². The number of nitrogens with one attached hydrogen (secondary N) is 1. The Hall–Kier alpha value is -2.63. The molecule has 0 aliphatic carbocycles. The van der Waals surface area contributed by atoms with Crippen molar-refractivity contribution >= 4 is 23.1 Å². The van der Waals surface area contributed by atoms with Gasteiger partial charge in [-0.2, -0.15) is 0 Å². The molecule has 2 aliphatic rings. The summed E-state index contributed by atoms with van der Waals surface area (Å²) in [6.45, 7) is 5.25. The summed E-state index contributed by atoms with van der Waals surface area (Å²) in [5.41, 5.74) is 2.66. The van der Waals surface area contributed by atoms with Crippen molar-refractivity contribution in [2.24, 2.45) is 0 Å². The Kier molecular flexibility index (Phi) is 5.74. The first kappa shape index (κ1) is 18.7. The van der Waals surface area contributed by atoms with Gasteiger partial charge in [0.05, 0.1) is 12.4 Å². The molecule has 2 saturated heterocycles. The zero-order chi connectivity index (χ0) is 19.3. The molecular weight excluding hydrogens is 350 g/mol. The summed E-state index contributed by atoms with van der Waals surface area (Å²) in [5, 5.41) is 3.27. The van der Waals surface area contributed by atoms with Gasteiger partial charge in [0, 0.05) is 37.1 Å². The van der Waals surface area contributed by atoms with Crippen LogP contribution in [-0.4, -0.2) is 46.5 Å². The van der Waals surface area contributed by atoms with Crippen LogP contribution in [0.2, 0.25) is 0 Å². The van der Waals surface area contributed by atoms with E-state index in [1.807, 2.05) is 4.90 Å². The van der Waals surface area contributed by atoms with E-state index in [-0.39, 0.29) is 5.91 Å². The van der Waals surface area contributed by atoms with Crippen LogP contribution in [-0.2, 0) is 0 Å². The summed E-state index contributed by atoms with van der Waals surface area (Å²) >= 11 is 0. The van der Waals surface area contributed by atoms with Gasteiger partial charge in [-0.3, -0.25) is 4.79 Å². The third kappa shape index (κ3) is 4.11. The van der Waals surface area contributed by atoms with E-state index < -0.39 is 0 Å². The van der Waals surface area contributed by atoms with E-state index in [9.17, 15) is 4.79 Å². The van der Waals surface area contributed by atoms with Crippen molar-refractivity contribution in [3.63, 3.8) is 0 Å². The third-order valence-electron chi connectivity index (χ3n) is 5.84. The summed E-state index contributed by atoms with van der Waals surface area (Å²) in [7, 11) is 0. The number of carbonyl (C=O) groups is 1. The first-order valence-electron chi connectivity index (χ1n) is 10.5. The molecule has 1 amide bonds. The Bertz CT molecular complexity index is 784. The fraction of sp³-hybridized carbons (Fsp3) is 0.500.